The quantitative estimate of drug-likeness (QED) is 0.553. The minimum absolute atomic E-state index is 0.154. The van der Waals surface area contributed by atoms with Gasteiger partial charge in [-0.1, -0.05) is 12.1 Å². The van der Waals surface area contributed by atoms with E-state index in [1.807, 2.05) is 0 Å². The molecule has 0 bridgehead atoms. The van der Waals surface area contributed by atoms with Gasteiger partial charge in [0.25, 0.3) is 0 Å². The average molecular weight is 375 g/mol. The number of carbonyl (C=O) groups is 2. The molecule has 0 aliphatic rings. The molecule has 0 fully saturated rings. The van der Waals surface area contributed by atoms with Crippen molar-refractivity contribution in [1.29, 1.82) is 0 Å². The summed E-state index contributed by atoms with van der Waals surface area (Å²) in [6, 6.07) is 5.12. The van der Waals surface area contributed by atoms with Crippen molar-refractivity contribution in [2.75, 3.05) is 5.32 Å². The van der Waals surface area contributed by atoms with E-state index in [2.05, 4.69) is 10.1 Å². The van der Waals surface area contributed by atoms with Crippen LogP contribution in [-0.2, 0) is 14.3 Å². The first-order valence-electron chi connectivity index (χ1n) is 6.77. The maximum atomic E-state index is 13.3. The molecule has 4 nitrogen and oxygen atoms in total. The number of halogens is 7. The SMILES string of the molecule is O=C(CCCC(=O)OC(F)(F)C(F)(F)C(F)F)Nc1ccccc1F. The normalized spacial score (nSPS) is 12.2. The van der Waals surface area contributed by atoms with Crippen LogP contribution in [0.15, 0.2) is 24.3 Å². The molecule has 0 radical (unpaired) electrons. The summed E-state index contributed by atoms with van der Waals surface area (Å²) in [6.45, 7) is 0. The molecular formula is C14H12F7NO3. The second-order valence-electron chi connectivity index (χ2n) is 4.80. The Hall–Kier alpha value is -2.33. The van der Waals surface area contributed by atoms with E-state index in [4.69, 9.17) is 0 Å². The Kier molecular flexibility index (Phi) is 6.77. The summed E-state index contributed by atoms with van der Waals surface area (Å²) in [5.74, 6) is -9.24. The fourth-order valence-corrected chi connectivity index (χ4v) is 1.56. The molecule has 0 atom stereocenters. The Morgan fingerprint density at radius 2 is 1.68 bits per heavy atom. The standard InChI is InChI=1S/C14H12F7NO3/c15-8-4-1-2-5-9(8)22-10(23)6-3-7-11(24)25-14(20,21)13(18,19)12(16)17/h1-2,4-5,12H,3,6-7H2,(H,22,23). The number of hydrogen-bond donors (Lipinski definition) is 1. The molecule has 0 saturated heterocycles. The molecule has 140 valence electrons. The highest BCUT2D eigenvalue weighted by atomic mass is 19.3. The summed E-state index contributed by atoms with van der Waals surface area (Å²) < 4.78 is 90.8. The Morgan fingerprint density at radius 3 is 2.24 bits per heavy atom. The highest BCUT2D eigenvalue weighted by molar-refractivity contribution is 5.91. The number of benzene rings is 1. The summed E-state index contributed by atoms with van der Waals surface area (Å²) in [5, 5.41) is 2.14. The van der Waals surface area contributed by atoms with Gasteiger partial charge < -0.3 is 10.1 Å². The first kappa shape index (κ1) is 20.7. The number of nitrogens with one attached hydrogen (secondary N) is 1. The lowest BCUT2D eigenvalue weighted by Gasteiger charge is -2.24. The third-order valence-electron chi connectivity index (χ3n) is 2.84. The van der Waals surface area contributed by atoms with Crippen molar-refractivity contribution in [2.45, 2.75) is 37.7 Å². The molecule has 0 aliphatic heterocycles. The van der Waals surface area contributed by atoms with E-state index in [-0.39, 0.29) is 5.69 Å². The number of carbonyl (C=O) groups excluding carboxylic acids is 2. The van der Waals surface area contributed by atoms with Crippen LogP contribution in [0.3, 0.4) is 0 Å². The van der Waals surface area contributed by atoms with Crippen LogP contribution in [0.4, 0.5) is 36.4 Å². The molecule has 0 saturated carbocycles. The average Bonchev–Trinajstić information content (AvgIpc) is 2.48. The van der Waals surface area contributed by atoms with E-state index in [0.29, 0.717) is 0 Å². The second kappa shape index (κ2) is 8.17. The zero-order valence-electron chi connectivity index (χ0n) is 12.4. The highest BCUT2D eigenvalue weighted by Crippen LogP contribution is 2.40. The van der Waals surface area contributed by atoms with E-state index in [0.717, 1.165) is 6.07 Å². The Labute approximate surface area is 136 Å². The molecule has 0 aliphatic carbocycles. The number of amides is 1. The number of ether oxygens (including phenoxy) is 1. The lowest BCUT2D eigenvalue weighted by molar-refractivity contribution is -0.358. The number of anilines is 1. The first-order chi connectivity index (χ1) is 11.5. The van der Waals surface area contributed by atoms with Gasteiger partial charge in [-0.15, -0.1) is 0 Å². The van der Waals surface area contributed by atoms with Crippen molar-refractivity contribution in [2.24, 2.45) is 0 Å². The predicted octanol–water partition coefficient (Wildman–Crippen LogP) is 3.97. The van der Waals surface area contributed by atoms with Crippen molar-refractivity contribution in [3.63, 3.8) is 0 Å². The summed E-state index contributed by atoms with van der Waals surface area (Å²) in [6.07, 6.45) is -12.2. The van der Waals surface area contributed by atoms with E-state index in [1.54, 1.807) is 0 Å². The van der Waals surface area contributed by atoms with Gasteiger partial charge in [0, 0.05) is 12.8 Å². The number of para-hydroxylation sites is 1. The van der Waals surface area contributed by atoms with E-state index < -0.39 is 55.4 Å². The molecule has 1 rings (SSSR count). The molecular weight excluding hydrogens is 363 g/mol. The highest BCUT2D eigenvalue weighted by Gasteiger charge is 2.66. The molecule has 0 unspecified atom stereocenters. The minimum atomic E-state index is -5.84. The van der Waals surface area contributed by atoms with Gasteiger partial charge in [-0.2, -0.15) is 17.6 Å². The molecule has 0 heterocycles. The molecule has 25 heavy (non-hydrogen) atoms. The van der Waals surface area contributed by atoms with Gasteiger partial charge in [0.1, 0.15) is 5.82 Å². The van der Waals surface area contributed by atoms with Gasteiger partial charge in [-0.25, -0.2) is 13.2 Å². The van der Waals surface area contributed by atoms with E-state index in [9.17, 15) is 40.3 Å². The summed E-state index contributed by atoms with van der Waals surface area (Å²) >= 11 is 0. The zero-order valence-corrected chi connectivity index (χ0v) is 12.4. The predicted molar refractivity (Wildman–Crippen MR) is 70.9 cm³/mol. The maximum Gasteiger partial charge on any atom is 0.472 e. The van der Waals surface area contributed by atoms with Crippen molar-refractivity contribution in [3.05, 3.63) is 30.1 Å². The molecule has 1 aromatic rings. The smallest absolute Gasteiger partial charge is 0.396 e. The van der Waals surface area contributed by atoms with Crippen LogP contribution >= 0.6 is 0 Å². The second-order valence-corrected chi connectivity index (χ2v) is 4.80. The van der Waals surface area contributed by atoms with Crippen molar-refractivity contribution >= 4 is 17.6 Å². The third-order valence-corrected chi connectivity index (χ3v) is 2.84. The fraction of sp³-hybridized carbons (Fsp3) is 0.429. The van der Waals surface area contributed by atoms with Gasteiger partial charge in [-0.3, -0.25) is 9.59 Å². The third kappa shape index (κ3) is 5.61. The fourth-order valence-electron chi connectivity index (χ4n) is 1.56. The maximum absolute atomic E-state index is 13.3. The lowest BCUT2D eigenvalue weighted by Crippen LogP contribution is -2.49. The monoisotopic (exact) mass is 375 g/mol. The number of rotatable bonds is 8. The molecule has 0 aromatic heterocycles. The Morgan fingerprint density at radius 1 is 1.08 bits per heavy atom. The zero-order chi connectivity index (χ0) is 19.3. The van der Waals surface area contributed by atoms with Gasteiger partial charge in [0.2, 0.25) is 5.91 Å². The van der Waals surface area contributed by atoms with E-state index >= 15 is 0 Å². The lowest BCUT2D eigenvalue weighted by atomic mass is 10.2. The van der Waals surface area contributed by atoms with Gasteiger partial charge in [-0.05, 0) is 18.6 Å². The summed E-state index contributed by atoms with van der Waals surface area (Å²) in [7, 11) is 0. The Bertz CT molecular complexity index is 622. The molecule has 1 amide bonds. The van der Waals surface area contributed by atoms with Gasteiger partial charge in [0.05, 0.1) is 5.69 Å². The molecule has 11 heteroatoms. The van der Waals surface area contributed by atoms with Crippen molar-refractivity contribution < 1.29 is 45.1 Å². The van der Waals surface area contributed by atoms with Crippen molar-refractivity contribution in [1.82, 2.24) is 0 Å². The van der Waals surface area contributed by atoms with Crippen molar-refractivity contribution in [3.8, 4) is 0 Å². The van der Waals surface area contributed by atoms with Gasteiger partial charge in [0.15, 0.2) is 0 Å². The van der Waals surface area contributed by atoms with Gasteiger partial charge >= 0.3 is 24.4 Å². The van der Waals surface area contributed by atoms with Crippen LogP contribution in [0.2, 0.25) is 0 Å². The summed E-state index contributed by atoms with van der Waals surface area (Å²) in [5.41, 5.74) is -0.154. The molecule has 1 N–H and O–H groups in total. The topological polar surface area (TPSA) is 55.4 Å². The first-order valence-corrected chi connectivity index (χ1v) is 6.77. The minimum Gasteiger partial charge on any atom is -0.396 e. The van der Waals surface area contributed by atoms with Crippen LogP contribution < -0.4 is 5.32 Å². The molecule has 0 spiro atoms. The largest absolute Gasteiger partial charge is 0.472 e. The van der Waals surface area contributed by atoms with Crippen LogP contribution in [0.1, 0.15) is 19.3 Å². The number of esters is 1. The number of hydrogen-bond acceptors (Lipinski definition) is 3. The van der Waals surface area contributed by atoms with Crippen LogP contribution in [-0.4, -0.2) is 30.3 Å². The number of alkyl halides is 6. The van der Waals surface area contributed by atoms with Crippen LogP contribution in [0.5, 0.6) is 0 Å². The van der Waals surface area contributed by atoms with E-state index in [1.165, 1.54) is 18.2 Å². The molecule has 1 aromatic carbocycles. The summed E-state index contributed by atoms with van der Waals surface area (Å²) in [4.78, 5) is 22.5. The van der Waals surface area contributed by atoms with Crippen LogP contribution in [0, 0.1) is 5.82 Å². The Balaban J connectivity index is 2.44. The van der Waals surface area contributed by atoms with Crippen LogP contribution in [0.25, 0.3) is 0 Å².